The van der Waals surface area contributed by atoms with Gasteiger partial charge >= 0.3 is 0 Å². The van der Waals surface area contributed by atoms with Crippen LogP contribution in [0.1, 0.15) is 36.2 Å². The highest BCUT2D eigenvalue weighted by Crippen LogP contribution is 2.09. The zero-order valence-electron chi connectivity index (χ0n) is 12.9. The minimum Gasteiger partial charge on any atom is -0.390 e. The molecule has 1 aromatic rings. The lowest BCUT2D eigenvalue weighted by molar-refractivity contribution is 0.0858. The number of carbonyl (C=O) groups is 1. The van der Waals surface area contributed by atoms with E-state index in [1.165, 1.54) is 30.4 Å². The maximum Gasteiger partial charge on any atom is 0.273 e. The number of aromatic nitrogens is 3. The molecule has 124 valence electrons. The topological polar surface area (TPSA) is 109 Å². The SMILES string of the molecule is NCCn1cc(C(=O)NC[C@H](O)CN2CCCCCC2)nn1. The molecule has 0 aliphatic carbocycles. The molecule has 22 heavy (non-hydrogen) atoms. The number of nitrogens with two attached hydrogens (primary N) is 1. The highest BCUT2D eigenvalue weighted by molar-refractivity contribution is 5.91. The summed E-state index contributed by atoms with van der Waals surface area (Å²) in [6.07, 6.45) is 5.89. The lowest BCUT2D eigenvalue weighted by Crippen LogP contribution is -2.40. The number of carbonyl (C=O) groups excluding carboxylic acids is 1. The van der Waals surface area contributed by atoms with Crippen molar-refractivity contribution in [1.29, 1.82) is 0 Å². The van der Waals surface area contributed by atoms with Gasteiger partial charge in [-0.15, -0.1) is 5.10 Å². The van der Waals surface area contributed by atoms with Gasteiger partial charge in [0.25, 0.3) is 5.91 Å². The smallest absolute Gasteiger partial charge is 0.273 e. The van der Waals surface area contributed by atoms with Crippen LogP contribution in [0.4, 0.5) is 0 Å². The first-order valence-corrected chi connectivity index (χ1v) is 7.98. The maximum atomic E-state index is 11.9. The number of rotatable bonds is 7. The molecule has 2 rings (SSSR count). The van der Waals surface area contributed by atoms with Crippen molar-refractivity contribution < 1.29 is 9.90 Å². The number of nitrogens with zero attached hydrogens (tertiary/aromatic N) is 4. The van der Waals surface area contributed by atoms with E-state index in [4.69, 9.17) is 5.73 Å². The second-order valence-electron chi connectivity index (χ2n) is 5.73. The lowest BCUT2D eigenvalue weighted by Gasteiger charge is -2.23. The number of aliphatic hydroxyl groups is 1. The Labute approximate surface area is 130 Å². The van der Waals surface area contributed by atoms with Gasteiger partial charge in [-0.3, -0.25) is 9.48 Å². The van der Waals surface area contributed by atoms with Crippen molar-refractivity contribution in [1.82, 2.24) is 25.2 Å². The van der Waals surface area contributed by atoms with Gasteiger partial charge in [0.1, 0.15) is 0 Å². The summed E-state index contributed by atoms with van der Waals surface area (Å²) in [4.78, 5) is 14.2. The molecule has 1 aliphatic rings. The number of hydrogen-bond donors (Lipinski definition) is 3. The van der Waals surface area contributed by atoms with Crippen LogP contribution in [-0.2, 0) is 6.54 Å². The van der Waals surface area contributed by atoms with Crippen LogP contribution in [0.2, 0.25) is 0 Å². The average Bonchev–Trinajstić information content (AvgIpc) is 2.82. The Kier molecular flexibility index (Phi) is 6.75. The third kappa shape index (κ3) is 5.36. The Hall–Kier alpha value is -1.51. The summed E-state index contributed by atoms with van der Waals surface area (Å²) in [7, 11) is 0. The fourth-order valence-electron chi connectivity index (χ4n) is 2.63. The summed E-state index contributed by atoms with van der Waals surface area (Å²) in [5.74, 6) is -0.321. The molecule has 0 unspecified atom stereocenters. The number of aliphatic hydroxyl groups excluding tert-OH is 1. The monoisotopic (exact) mass is 310 g/mol. The molecular weight excluding hydrogens is 284 g/mol. The zero-order chi connectivity index (χ0) is 15.8. The molecule has 1 aromatic heterocycles. The molecule has 0 aromatic carbocycles. The van der Waals surface area contributed by atoms with E-state index in [1.54, 1.807) is 6.20 Å². The van der Waals surface area contributed by atoms with Crippen molar-refractivity contribution in [2.75, 3.05) is 32.7 Å². The van der Waals surface area contributed by atoms with E-state index in [9.17, 15) is 9.90 Å². The summed E-state index contributed by atoms with van der Waals surface area (Å²) in [5, 5.41) is 20.4. The molecule has 1 aliphatic heterocycles. The van der Waals surface area contributed by atoms with Gasteiger partial charge in [0.05, 0.1) is 18.8 Å². The first kappa shape index (κ1) is 16.9. The molecule has 1 amide bonds. The fourth-order valence-corrected chi connectivity index (χ4v) is 2.63. The van der Waals surface area contributed by atoms with Crippen LogP contribution in [-0.4, -0.2) is 69.7 Å². The minimum atomic E-state index is -0.568. The van der Waals surface area contributed by atoms with Gasteiger partial charge in [0, 0.05) is 19.6 Å². The summed E-state index contributed by atoms with van der Waals surface area (Å²) in [6, 6.07) is 0. The summed E-state index contributed by atoms with van der Waals surface area (Å²) < 4.78 is 1.53. The first-order chi connectivity index (χ1) is 10.7. The fraction of sp³-hybridized carbons (Fsp3) is 0.786. The predicted molar refractivity (Wildman–Crippen MR) is 82.3 cm³/mol. The van der Waals surface area contributed by atoms with E-state index in [1.807, 2.05) is 0 Å². The molecule has 1 atom stereocenters. The molecule has 8 heteroatoms. The van der Waals surface area contributed by atoms with E-state index in [2.05, 4.69) is 20.5 Å². The van der Waals surface area contributed by atoms with Crippen molar-refractivity contribution in [3.05, 3.63) is 11.9 Å². The summed E-state index contributed by atoms with van der Waals surface area (Å²) in [5.41, 5.74) is 5.66. The third-order valence-electron chi connectivity index (χ3n) is 3.80. The van der Waals surface area contributed by atoms with Crippen molar-refractivity contribution in [2.24, 2.45) is 5.73 Å². The minimum absolute atomic E-state index is 0.221. The first-order valence-electron chi connectivity index (χ1n) is 7.98. The highest BCUT2D eigenvalue weighted by atomic mass is 16.3. The van der Waals surface area contributed by atoms with Crippen LogP contribution >= 0.6 is 0 Å². The van der Waals surface area contributed by atoms with Gasteiger partial charge in [-0.25, -0.2) is 0 Å². The molecule has 0 radical (unpaired) electrons. The molecule has 0 spiro atoms. The normalized spacial score (nSPS) is 17.9. The third-order valence-corrected chi connectivity index (χ3v) is 3.80. The standard InChI is InChI=1S/C14H26N6O2/c15-5-8-20-11-13(17-18-20)14(22)16-9-12(21)10-19-6-3-1-2-4-7-19/h11-12,21H,1-10,15H2,(H,16,22)/t12-/m0/s1. The van der Waals surface area contributed by atoms with Crippen molar-refractivity contribution in [3.63, 3.8) is 0 Å². The molecule has 0 saturated carbocycles. The number of β-amino-alcohol motifs (C(OH)–C–C–N with tert-alkyl or cyclic N) is 1. The van der Waals surface area contributed by atoms with Gasteiger partial charge < -0.3 is 21.1 Å². The average molecular weight is 310 g/mol. The Bertz CT molecular complexity index is 456. The van der Waals surface area contributed by atoms with E-state index < -0.39 is 6.10 Å². The zero-order valence-corrected chi connectivity index (χ0v) is 12.9. The second-order valence-corrected chi connectivity index (χ2v) is 5.73. The summed E-state index contributed by atoms with van der Waals surface area (Å²) in [6.45, 7) is 3.84. The number of likely N-dealkylation sites (tertiary alicyclic amines) is 1. The van der Waals surface area contributed by atoms with Gasteiger partial charge in [0.15, 0.2) is 5.69 Å². The van der Waals surface area contributed by atoms with Gasteiger partial charge in [-0.1, -0.05) is 18.1 Å². The Morgan fingerprint density at radius 3 is 2.77 bits per heavy atom. The Morgan fingerprint density at radius 1 is 1.36 bits per heavy atom. The lowest BCUT2D eigenvalue weighted by atomic mass is 10.2. The van der Waals surface area contributed by atoms with E-state index in [0.29, 0.717) is 19.6 Å². The number of hydrogen-bond acceptors (Lipinski definition) is 6. The van der Waals surface area contributed by atoms with Crippen molar-refractivity contribution in [3.8, 4) is 0 Å². The van der Waals surface area contributed by atoms with Crippen molar-refractivity contribution >= 4 is 5.91 Å². The van der Waals surface area contributed by atoms with Crippen LogP contribution in [0.3, 0.4) is 0 Å². The van der Waals surface area contributed by atoms with Crippen LogP contribution in [0.15, 0.2) is 6.20 Å². The van der Waals surface area contributed by atoms with Crippen LogP contribution < -0.4 is 11.1 Å². The van der Waals surface area contributed by atoms with Crippen LogP contribution in [0.25, 0.3) is 0 Å². The van der Waals surface area contributed by atoms with E-state index >= 15 is 0 Å². The number of nitrogens with one attached hydrogen (secondary N) is 1. The molecule has 1 saturated heterocycles. The maximum absolute atomic E-state index is 11.9. The predicted octanol–water partition coefficient (Wildman–Crippen LogP) is -0.796. The Balaban J connectivity index is 1.72. The van der Waals surface area contributed by atoms with Crippen LogP contribution in [0, 0.1) is 0 Å². The van der Waals surface area contributed by atoms with Crippen molar-refractivity contribution in [2.45, 2.75) is 38.3 Å². The highest BCUT2D eigenvalue weighted by Gasteiger charge is 2.16. The molecule has 1 fully saturated rings. The number of amides is 1. The van der Waals surface area contributed by atoms with E-state index in [-0.39, 0.29) is 18.1 Å². The van der Waals surface area contributed by atoms with Gasteiger partial charge in [-0.05, 0) is 25.9 Å². The Morgan fingerprint density at radius 2 is 2.09 bits per heavy atom. The molecule has 0 bridgehead atoms. The molecule has 8 nitrogen and oxygen atoms in total. The van der Waals surface area contributed by atoms with Crippen LogP contribution in [0.5, 0.6) is 0 Å². The molecule has 2 heterocycles. The summed E-state index contributed by atoms with van der Waals surface area (Å²) >= 11 is 0. The van der Waals surface area contributed by atoms with Gasteiger partial charge in [0.2, 0.25) is 0 Å². The largest absolute Gasteiger partial charge is 0.390 e. The second kappa shape index (κ2) is 8.82. The quantitative estimate of drug-likeness (QED) is 0.608. The molecular formula is C14H26N6O2. The van der Waals surface area contributed by atoms with Gasteiger partial charge in [-0.2, -0.15) is 0 Å². The van der Waals surface area contributed by atoms with E-state index in [0.717, 1.165) is 13.1 Å². The molecule has 4 N–H and O–H groups in total.